The molecule has 0 fully saturated rings. The normalized spacial score (nSPS) is 11.2. The van der Waals surface area contributed by atoms with Crippen LogP contribution in [0.15, 0.2) is 34.5 Å². The van der Waals surface area contributed by atoms with Crippen LogP contribution in [0, 0.1) is 0 Å². The van der Waals surface area contributed by atoms with Crippen molar-refractivity contribution in [2.24, 2.45) is 10.2 Å². The van der Waals surface area contributed by atoms with Crippen LogP contribution in [-0.4, -0.2) is 40.4 Å². The van der Waals surface area contributed by atoms with E-state index in [4.69, 9.17) is 12.2 Å². The molecule has 1 aromatic carbocycles. The number of para-hydroxylation sites is 1. The highest BCUT2D eigenvalue weighted by atomic mass is 32.1. The van der Waals surface area contributed by atoms with Gasteiger partial charge in [0.05, 0.1) is 5.52 Å². The van der Waals surface area contributed by atoms with E-state index >= 15 is 0 Å². The lowest BCUT2D eigenvalue weighted by Crippen LogP contribution is -2.16. The predicted molar refractivity (Wildman–Crippen MR) is 84.3 cm³/mol. The average Bonchev–Trinajstić information content (AvgIpc) is 2.70. The molecule has 6 nitrogen and oxygen atoms in total. The smallest absolute Gasteiger partial charge is 0.239 e. The monoisotopic (exact) mass is 291 g/mol. The molecule has 0 amide bonds. The van der Waals surface area contributed by atoms with Gasteiger partial charge in [0.1, 0.15) is 0 Å². The Balaban J connectivity index is 2.53. The summed E-state index contributed by atoms with van der Waals surface area (Å²) in [6, 6.07) is 7.58. The Morgan fingerprint density at radius 3 is 2.75 bits per heavy atom. The third-order valence-electron chi connectivity index (χ3n) is 2.76. The lowest BCUT2D eigenvalue weighted by Gasteiger charge is -2.07. The molecule has 20 heavy (non-hydrogen) atoms. The molecular formula is C13H17N5OS. The number of azo groups is 1. The van der Waals surface area contributed by atoms with Crippen LogP contribution >= 0.6 is 12.2 Å². The summed E-state index contributed by atoms with van der Waals surface area (Å²) in [7, 11) is 3.59. The topological polar surface area (TPSA) is 65.1 Å². The summed E-state index contributed by atoms with van der Waals surface area (Å²) < 4.78 is 1.60. The number of thiocarbonyl (C=S) groups is 1. The summed E-state index contributed by atoms with van der Waals surface area (Å²) in [5.41, 5.74) is 4.32. The van der Waals surface area contributed by atoms with Crippen molar-refractivity contribution in [2.75, 3.05) is 26.1 Å². The van der Waals surface area contributed by atoms with E-state index in [1.165, 1.54) is 0 Å². The van der Waals surface area contributed by atoms with Crippen LogP contribution in [0.25, 0.3) is 10.9 Å². The van der Waals surface area contributed by atoms with Gasteiger partial charge in [0.15, 0.2) is 5.69 Å². The molecule has 1 heterocycles. The number of hydrogen-bond donors (Lipinski definition) is 2. The van der Waals surface area contributed by atoms with Crippen LogP contribution in [0.4, 0.5) is 5.69 Å². The zero-order chi connectivity index (χ0) is 14.7. The van der Waals surface area contributed by atoms with Gasteiger partial charge < -0.3 is 15.4 Å². The van der Waals surface area contributed by atoms with E-state index in [1.54, 1.807) is 23.7 Å². The fourth-order valence-corrected chi connectivity index (χ4v) is 1.85. The van der Waals surface area contributed by atoms with Crippen molar-refractivity contribution in [3.63, 3.8) is 0 Å². The molecule has 0 bridgehead atoms. The zero-order valence-electron chi connectivity index (χ0n) is 11.7. The molecule has 0 aliphatic rings. The second kappa shape index (κ2) is 5.87. The van der Waals surface area contributed by atoms with E-state index in [2.05, 4.69) is 15.7 Å². The molecule has 0 unspecified atom stereocenters. The third-order valence-corrected chi connectivity index (χ3v) is 3.20. The quantitative estimate of drug-likeness (QED) is 0.674. The van der Waals surface area contributed by atoms with E-state index in [0.29, 0.717) is 17.3 Å². The van der Waals surface area contributed by atoms with Gasteiger partial charge in [-0.25, -0.2) is 4.68 Å². The van der Waals surface area contributed by atoms with Gasteiger partial charge in [-0.3, -0.25) is 0 Å². The molecule has 0 aliphatic carbocycles. The number of nitrogens with one attached hydrogen (secondary N) is 1. The van der Waals surface area contributed by atoms with Gasteiger partial charge in [-0.1, -0.05) is 18.2 Å². The number of nitrogens with zero attached hydrogens (tertiary/aromatic N) is 4. The van der Waals surface area contributed by atoms with Crippen LogP contribution in [0.5, 0.6) is 5.88 Å². The number of aromatic hydroxyl groups is 1. The maximum absolute atomic E-state index is 10.3. The summed E-state index contributed by atoms with van der Waals surface area (Å²) in [6.07, 6.45) is 0. The lowest BCUT2D eigenvalue weighted by molar-refractivity contribution is 0.437. The first-order chi connectivity index (χ1) is 9.56. The first-order valence-corrected chi connectivity index (χ1v) is 6.66. The van der Waals surface area contributed by atoms with Crippen LogP contribution in [0.3, 0.4) is 0 Å². The van der Waals surface area contributed by atoms with Crippen molar-refractivity contribution in [2.45, 2.75) is 6.92 Å². The van der Waals surface area contributed by atoms with Gasteiger partial charge in [-0.15, -0.1) is 10.2 Å². The second-order valence-corrected chi connectivity index (χ2v) is 4.78. The van der Waals surface area contributed by atoms with E-state index in [1.807, 2.05) is 31.2 Å². The molecule has 0 saturated carbocycles. The van der Waals surface area contributed by atoms with Gasteiger partial charge in [0.2, 0.25) is 11.0 Å². The maximum Gasteiger partial charge on any atom is 0.239 e. The van der Waals surface area contributed by atoms with Crippen LogP contribution < -0.4 is 5.43 Å². The van der Waals surface area contributed by atoms with Crippen molar-refractivity contribution >= 4 is 33.9 Å². The molecule has 1 aromatic heterocycles. The van der Waals surface area contributed by atoms with Crippen molar-refractivity contribution in [1.29, 1.82) is 0 Å². The molecular weight excluding hydrogens is 274 g/mol. The van der Waals surface area contributed by atoms with E-state index in [9.17, 15) is 5.11 Å². The molecule has 0 saturated heterocycles. The van der Waals surface area contributed by atoms with Crippen molar-refractivity contribution in [3.05, 3.63) is 24.3 Å². The first kappa shape index (κ1) is 14.3. The number of rotatable bonds is 3. The Bertz CT molecular complexity index is 662. The van der Waals surface area contributed by atoms with Crippen molar-refractivity contribution in [1.82, 2.24) is 9.58 Å². The Hall–Kier alpha value is -2.15. The molecule has 2 N–H and O–H groups in total. The average molecular weight is 291 g/mol. The summed E-state index contributed by atoms with van der Waals surface area (Å²) in [6.45, 7) is 2.63. The standard InChI is InChI=1S/C13H17N5OS/c1-4-14-18-10-8-6-5-7-9(10)11(12(18)19)15-16-13(20)17(2)3/h5-8,14,19H,4H2,1-3H3. The summed E-state index contributed by atoms with van der Waals surface area (Å²) >= 11 is 5.06. The van der Waals surface area contributed by atoms with Crippen LogP contribution in [0.1, 0.15) is 6.92 Å². The van der Waals surface area contributed by atoms with Gasteiger partial charge in [0, 0.05) is 26.0 Å². The molecule has 0 aliphatic heterocycles. The minimum atomic E-state index is 0.0263. The minimum absolute atomic E-state index is 0.0263. The number of fused-ring (bicyclic) bond motifs is 1. The zero-order valence-corrected chi connectivity index (χ0v) is 12.5. The largest absolute Gasteiger partial charge is 0.492 e. The summed E-state index contributed by atoms with van der Waals surface area (Å²) in [4.78, 5) is 1.68. The molecule has 106 valence electrons. The first-order valence-electron chi connectivity index (χ1n) is 6.25. The Kier molecular flexibility index (Phi) is 4.19. The SMILES string of the molecule is CCNn1c(O)c(N=NC(=S)N(C)C)c2ccccc21. The Labute approximate surface area is 122 Å². The van der Waals surface area contributed by atoms with Crippen molar-refractivity contribution < 1.29 is 5.11 Å². The van der Waals surface area contributed by atoms with Crippen LogP contribution in [-0.2, 0) is 0 Å². The number of hydrogen-bond acceptors (Lipinski definition) is 4. The van der Waals surface area contributed by atoms with Gasteiger partial charge in [-0.05, 0) is 25.2 Å². The van der Waals surface area contributed by atoms with E-state index in [0.717, 1.165) is 10.9 Å². The molecule has 0 radical (unpaired) electrons. The molecule has 0 atom stereocenters. The van der Waals surface area contributed by atoms with E-state index < -0.39 is 0 Å². The number of aromatic nitrogens is 1. The highest BCUT2D eigenvalue weighted by molar-refractivity contribution is 7.80. The molecule has 2 aromatic rings. The summed E-state index contributed by atoms with van der Waals surface area (Å²) in [5.74, 6) is 0.0263. The minimum Gasteiger partial charge on any atom is -0.492 e. The van der Waals surface area contributed by atoms with Gasteiger partial charge >= 0.3 is 0 Å². The Morgan fingerprint density at radius 1 is 1.40 bits per heavy atom. The molecule has 2 rings (SSSR count). The molecule has 0 spiro atoms. The highest BCUT2D eigenvalue weighted by Crippen LogP contribution is 2.37. The fraction of sp³-hybridized carbons (Fsp3) is 0.308. The fourth-order valence-electron chi connectivity index (χ4n) is 1.81. The second-order valence-electron chi connectivity index (χ2n) is 4.41. The van der Waals surface area contributed by atoms with Crippen molar-refractivity contribution in [3.8, 4) is 5.88 Å². The van der Waals surface area contributed by atoms with Gasteiger partial charge in [-0.2, -0.15) is 0 Å². The third kappa shape index (κ3) is 2.57. The van der Waals surface area contributed by atoms with E-state index in [-0.39, 0.29) is 5.88 Å². The Morgan fingerprint density at radius 2 is 2.10 bits per heavy atom. The number of benzene rings is 1. The summed E-state index contributed by atoms with van der Waals surface area (Å²) in [5, 5.41) is 19.5. The maximum atomic E-state index is 10.3. The molecule has 7 heteroatoms. The lowest BCUT2D eigenvalue weighted by atomic mass is 10.2. The van der Waals surface area contributed by atoms with Gasteiger partial charge in [0.25, 0.3) is 0 Å². The van der Waals surface area contributed by atoms with Crippen LogP contribution in [0.2, 0.25) is 0 Å². The highest BCUT2D eigenvalue weighted by Gasteiger charge is 2.16. The predicted octanol–water partition coefficient (Wildman–Crippen LogP) is 2.84.